The van der Waals surface area contributed by atoms with Crippen LogP contribution in [0.25, 0.3) is 0 Å². The Morgan fingerprint density at radius 3 is 2.02 bits per heavy atom. The number of hydrogen-bond donors (Lipinski definition) is 2. The number of hydrogen-bond acceptors (Lipinski definition) is 7. The van der Waals surface area contributed by atoms with Crippen molar-refractivity contribution in [3.05, 3.63) is 58.7 Å². The Bertz CT molecular complexity index is 1650. The second-order valence-corrected chi connectivity index (χ2v) is 17.0. The molecule has 286 valence electrons. The van der Waals surface area contributed by atoms with Gasteiger partial charge in [0.1, 0.15) is 5.75 Å². The summed E-state index contributed by atoms with van der Waals surface area (Å²) in [5.74, 6) is 1.63. The Balaban J connectivity index is 0.000000210. The van der Waals surface area contributed by atoms with Gasteiger partial charge in [-0.3, -0.25) is 4.79 Å². The Morgan fingerprint density at radius 2 is 1.44 bits per heavy atom. The molecule has 12 nitrogen and oxygen atoms in total. The second kappa shape index (κ2) is 17.3. The largest absolute Gasteiger partial charge is 0.507 e. The molecule has 1 atom stereocenters. The van der Waals surface area contributed by atoms with Gasteiger partial charge < -0.3 is 29.9 Å². The zero-order valence-corrected chi connectivity index (χ0v) is 32.3. The van der Waals surface area contributed by atoms with Gasteiger partial charge in [-0.2, -0.15) is 0 Å². The molecule has 3 saturated heterocycles. The number of nitrogens with one attached hydrogen (secondary N) is 1. The van der Waals surface area contributed by atoms with Crippen LogP contribution in [-0.4, -0.2) is 116 Å². The number of amides is 4. The lowest BCUT2D eigenvalue weighted by molar-refractivity contribution is -0.136. The molecular weight excluding hydrogens is 683 g/mol. The molecule has 13 heteroatoms. The maximum absolute atomic E-state index is 13.0. The smallest absolute Gasteiger partial charge is 0.409 e. The highest BCUT2D eigenvalue weighted by molar-refractivity contribution is 7.88. The fourth-order valence-electron chi connectivity index (χ4n) is 8.41. The number of carbonyl (C=O) groups is 3. The highest BCUT2D eigenvalue weighted by Gasteiger charge is 2.34. The summed E-state index contributed by atoms with van der Waals surface area (Å²) < 4.78 is 29.8. The lowest BCUT2D eigenvalue weighted by Gasteiger charge is -2.40. The number of carbonyl (C=O) groups excluding carboxylic acids is 3. The molecule has 0 radical (unpaired) electrons. The number of rotatable bonds is 6. The molecule has 4 aliphatic rings. The molecule has 3 fully saturated rings. The molecule has 0 spiro atoms. The number of nitrogens with zero attached hydrogens (tertiary/aromatic N) is 4. The van der Waals surface area contributed by atoms with Crippen LogP contribution in [0.5, 0.6) is 5.75 Å². The highest BCUT2D eigenvalue weighted by atomic mass is 32.2. The van der Waals surface area contributed by atoms with Crippen LogP contribution in [0.3, 0.4) is 0 Å². The number of likely N-dealkylation sites (tertiary alicyclic amines) is 2. The molecule has 0 aromatic heterocycles. The third-order valence-corrected chi connectivity index (χ3v) is 12.8. The predicted octanol–water partition coefficient (Wildman–Crippen LogP) is 5.41. The Labute approximate surface area is 309 Å². The number of methoxy groups -OCH3 is 1. The first kappa shape index (κ1) is 39.4. The number of anilines is 1. The minimum absolute atomic E-state index is 0.0403. The molecule has 6 rings (SSSR count). The van der Waals surface area contributed by atoms with Crippen LogP contribution in [0, 0.1) is 31.6 Å². The summed E-state index contributed by atoms with van der Waals surface area (Å²) in [7, 11) is -1.68. The summed E-state index contributed by atoms with van der Waals surface area (Å²) >= 11 is 0. The van der Waals surface area contributed by atoms with E-state index in [0.29, 0.717) is 56.7 Å². The number of urea groups is 1. The summed E-state index contributed by atoms with van der Waals surface area (Å²) in [5.41, 5.74) is 4.88. The van der Waals surface area contributed by atoms with Gasteiger partial charge in [0.25, 0.3) is 0 Å². The van der Waals surface area contributed by atoms with Gasteiger partial charge >= 0.3 is 12.1 Å². The van der Waals surface area contributed by atoms with Crippen LogP contribution >= 0.6 is 0 Å². The molecule has 2 N–H and O–H groups in total. The van der Waals surface area contributed by atoms with Gasteiger partial charge in [0, 0.05) is 63.5 Å². The zero-order chi connectivity index (χ0) is 37.6. The monoisotopic (exact) mass is 739 g/mol. The van der Waals surface area contributed by atoms with Crippen LogP contribution in [0.1, 0.15) is 67.7 Å². The molecule has 2 aromatic rings. The number of benzene rings is 2. The number of aromatic hydroxyl groups is 1. The number of piperidine rings is 3. The molecule has 0 unspecified atom stereocenters. The van der Waals surface area contributed by atoms with Crippen molar-refractivity contribution in [2.75, 3.05) is 64.5 Å². The number of phenols is 1. The van der Waals surface area contributed by atoms with E-state index in [1.807, 2.05) is 60.9 Å². The zero-order valence-electron chi connectivity index (χ0n) is 31.5. The van der Waals surface area contributed by atoms with E-state index >= 15 is 0 Å². The van der Waals surface area contributed by atoms with Gasteiger partial charge in [-0.15, -0.1) is 0 Å². The molecule has 4 heterocycles. The van der Waals surface area contributed by atoms with Gasteiger partial charge in [0.05, 0.1) is 13.4 Å². The third kappa shape index (κ3) is 9.77. The molecule has 0 saturated carbocycles. The van der Waals surface area contributed by atoms with Gasteiger partial charge in [0.15, 0.2) is 0 Å². The van der Waals surface area contributed by atoms with E-state index < -0.39 is 10.0 Å². The SMILES string of the molecule is COC(=O)N1CCC(N2CCc3ccccc3NC2=O)CC1.Cc1cc(C[C@@H](C)C(=O)N2CCC(C3CCN(S(C)(=O)=O)CC3)CC2)cc(C)c1O. The summed E-state index contributed by atoms with van der Waals surface area (Å²) in [6.07, 6.45) is 8.02. The topological polar surface area (TPSA) is 140 Å². The van der Waals surface area contributed by atoms with Crippen molar-refractivity contribution in [3.63, 3.8) is 0 Å². The van der Waals surface area contributed by atoms with Crippen molar-refractivity contribution >= 4 is 33.7 Å². The van der Waals surface area contributed by atoms with Crippen molar-refractivity contribution in [3.8, 4) is 5.75 Å². The van der Waals surface area contributed by atoms with E-state index in [1.165, 1.54) is 18.9 Å². The quantitative estimate of drug-likeness (QED) is 0.404. The molecule has 4 aliphatic heterocycles. The van der Waals surface area contributed by atoms with Crippen LogP contribution in [0.4, 0.5) is 15.3 Å². The van der Waals surface area contributed by atoms with Crippen molar-refractivity contribution in [2.24, 2.45) is 17.8 Å². The predicted molar refractivity (Wildman–Crippen MR) is 202 cm³/mol. The van der Waals surface area contributed by atoms with E-state index in [9.17, 15) is 27.9 Å². The van der Waals surface area contributed by atoms with Crippen molar-refractivity contribution in [1.82, 2.24) is 19.0 Å². The number of ether oxygens (including phenoxy) is 1. The van der Waals surface area contributed by atoms with Crippen molar-refractivity contribution < 1.29 is 32.6 Å². The maximum Gasteiger partial charge on any atom is 0.409 e. The Kier molecular flexibility index (Phi) is 13.1. The minimum Gasteiger partial charge on any atom is -0.507 e. The number of fused-ring (bicyclic) bond motifs is 1. The van der Waals surface area contributed by atoms with Gasteiger partial charge in [0.2, 0.25) is 15.9 Å². The van der Waals surface area contributed by atoms with Gasteiger partial charge in [-0.05, 0) is 105 Å². The second-order valence-electron chi connectivity index (χ2n) is 15.1. The molecule has 0 bridgehead atoms. The first-order chi connectivity index (χ1) is 24.7. The Morgan fingerprint density at radius 1 is 0.885 bits per heavy atom. The molecule has 4 amide bonds. The lowest BCUT2D eigenvalue weighted by atomic mass is 9.79. The fraction of sp³-hybridized carbons (Fsp3) is 0.615. The third-order valence-electron chi connectivity index (χ3n) is 11.5. The van der Waals surface area contributed by atoms with Gasteiger partial charge in [-0.25, -0.2) is 22.3 Å². The first-order valence-corrected chi connectivity index (χ1v) is 20.6. The van der Waals surface area contributed by atoms with E-state index in [-0.39, 0.29) is 30.0 Å². The summed E-state index contributed by atoms with van der Waals surface area (Å²) in [6.45, 7) is 10.6. The van der Waals surface area contributed by atoms with E-state index in [2.05, 4.69) is 11.4 Å². The summed E-state index contributed by atoms with van der Waals surface area (Å²) in [4.78, 5) is 42.6. The molecular formula is C39H57N5O7S. The fourth-order valence-corrected chi connectivity index (χ4v) is 9.29. The normalized spacial score (nSPS) is 20.2. The van der Waals surface area contributed by atoms with Gasteiger partial charge in [-0.1, -0.05) is 37.3 Å². The summed E-state index contributed by atoms with van der Waals surface area (Å²) in [6, 6.07) is 12.0. The van der Waals surface area contributed by atoms with Crippen LogP contribution in [0.2, 0.25) is 0 Å². The van der Waals surface area contributed by atoms with E-state index in [0.717, 1.165) is 80.4 Å². The molecule has 2 aromatic carbocycles. The Hall–Kier alpha value is -3.84. The lowest BCUT2D eigenvalue weighted by Crippen LogP contribution is -2.50. The maximum atomic E-state index is 13.0. The number of phenolic OH excluding ortho intramolecular Hbond substituents is 1. The van der Waals surface area contributed by atoms with Crippen molar-refractivity contribution in [2.45, 2.75) is 78.2 Å². The average Bonchev–Trinajstić information content (AvgIpc) is 3.31. The van der Waals surface area contributed by atoms with Crippen LogP contribution in [-0.2, 0) is 32.4 Å². The van der Waals surface area contributed by atoms with E-state index in [1.54, 1.807) is 9.21 Å². The first-order valence-electron chi connectivity index (χ1n) is 18.8. The standard InChI is InChI=1S/C23H36N2O4S.C16H21N3O3/c1-16-13-19(14-17(2)22(16)26)15-18(3)23(27)24-9-5-20(6-10-24)21-7-11-25(12-8-21)30(4,28)29;1-22-16(21)18-9-7-13(8-10-18)19-11-6-12-4-2-3-5-14(12)17-15(19)20/h13-14,18,20-21,26H,5-12,15H2,1-4H3;2-5,13H,6-11H2,1H3,(H,17,20)/t18-;/m1./s1. The van der Waals surface area contributed by atoms with E-state index in [4.69, 9.17) is 4.74 Å². The summed E-state index contributed by atoms with van der Waals surface area (Å²) in [5, 5.41) is 13.0. The van der Waals surface area contributed by atoms with Crippen LogP contribution in [0.15, 0.2) is 36.4 Å². The number of para-hydroxylation sites is 1. The minimum atomic E-state index is -3.08. The number of sulfonamides is 1. The molecule has 52 heavy (non-hydrogen) atoms. The van der Waals surface area contributed by atoms with Crippen molar-refractivity contribution in [1.29, 1.82) is 0 Å². The number of aryl methyl sites for hydroxylation is 2. The average molecular weight is 740 g/mol. The highest BCUT2D eigenvalue weighted by Crippen LogP contribution is 2.34. The molecule has 0 aliphatic carbocycles. The van der Waals surface area contributed by atoms with Crippen LogP contribution < -0.4 is 5.32 Å².